The van der Waals surface area contributed by atoms with Gasteiger partial charge in [0.25, 0.3) is 0 Å². The van der Waals surface area contributed by atoms with Crippen molar-refractivity contribution in [3.05, 3.63) is 53.1 Å². The van der Waals surface area contributed by atoms with Crippen LogP contribution in [0.15, 0.2) is 36.4 Å². The molecule has 0 spiro atoms. The highest BCUT2D eigenvalue weighted by Crippen LogP contribution is 2.42. The monoisotopic (exact) mass is 616 g/mol. The van der Waals surface area contributed by atoms with Crippen LogP contribution in [0.5, 0.6) is 11.8 Å². The lowest BCUT2D eigenvalue weighted by molar-refractivity contribution is -0.126. The van der Waals surface area contributed by atoms with Crippen LogP contribution in [0.3, 0.4) is 0 Å². The molecule has 2 saturated heterocycles. The zero-order chi connectivity index (χ0) is 30.5. The third-order valence-electron chi connectivity index (χ3n) is 7.45. The van der Waals surface area contributed by atoms with Gasteiger partial charge in [-0.1, -0.05) is 23.7 Å². The van der Waals surface area contributed by atoms with E-state index in [1.54, 1.807) is 11.0 Å². The first-order valence-corrected chi connectivity index (χ1v) is 14.6. The van der Waals surface area contributed by atoms with Gasteiger partial charge in [0.05, 0.1) is 23.8 Å². The summed E-state index contributed by atoms with van der Waals surface area (Å²) in [5, 5.41) is 10.6. The maximum atomic E-state index is 16.2. The van der Waals surface area contributed by atoms with Gasteiger partial charge in [-0.15, -0.1) is 0 Å². The number of halogens is 3. The van der Waals surface area contributed by atoms with E-state index in [-0.39, 0.29) is 40.2 Å². The quantitative estimate of drug-likeness (QED) is 0.363. The molecular weight excluding hydrogens is 582 g/mol. The third kappa shape index (κ3) is 7.15. The predicted molar refractivity (Wildman–Crippen MR) is 161 cm³/mol. The van der Waals surface area contributed by atoms with Crippen molar-refractivity contribution in [2.45, 2.75) is 0 Å². The molecule has 10 nitrogen and oxygen atoms in total. The lowest BCUT2D eigenvalue weighted by atomic mass is 10.0. The number of likely N-dealkylation sites (N-methyl/N-ethyl adjacent to an activating group) is 1. The largest absolute Gasteiger partial charge is 0.507 e. The number of anilines is 1. The van der Waals surface area contributed by atoms with Crippen molar-refractivity contribution in [3.63, 3.8) is 0 Å². The number of nitrogens with zero attached hydrogens (tertiary/aromatic N) is 6. The molecule has 0 saturated carbocycles. The molecule has 0 unspecified atom stereocenters. The Kier molecular flexibility index (Phi) is 9.91. The summed E-state index contributed by atoms with van der Waals surface area (Å²) in [5.41, 5.74) is -0.761. The zero-order valence-electron chi connectivity index (χ0n) is 24.2. The van der Waals surface area contributed by atoms with Crippen molar-refractivity contribution in [1.29, 1.82) is 0 Å². The molecular formula is C30H35ClF2N6O4. The van der Waals surface area contributed by atoms with Gasteiger partial charge in [-0.2, -0.15) is 9.97 Å². The topological polar surface area (TPSA) is 94.5 Å². The van der Waals surface area contributed by atoms with Crippen molar-refractivity contribution in [2.24, 2.45) is 0 Å². The number of aromatic nitrogens is 2. The summed E-state index contributed by atoms with van der Waals surface area (Å²) in [4.78, 5) is 29.5. The van der Waals surface area contributed by atoms with Crippen LogP contribution in [0.25, 0.3) is 22.0 Å². The number of carbonyl (C=O) groups is 1. The Morgan fingerprint density at radius 1 is 1.12 bits per heavy atom. The van der Waals surface area contributed by atoms with Crippen LogP contribution in [-0.4, -0.2) is 122 Å². The molecule has 2 fully saturated rings. The molecule has 2 aromatic carbocycles. The summed E-state index contributed by atoms with van der Waals surface area (Å²) in [6.07, 6.45) is 3.40. The molecule has 1 aromatic heterocycles. The van der Waals surface area contributed by atoms with Gasteiger partial charge in [0, 0.05) is 69.4 Å². The van der Waals surface area contributed by atoms with E-state index in [4.69, 9.17) is 21.1 Å². The second kappa shape index (κ2) is 13.8. The molecule has 2 aliphatic heterocycles. The number of carbonyl (C=O) groups excluding carboxylic acids is 1. The Morgan fingerprint density at radius 2 is 1.86 bits per heavy atom. The average Bonchev–Trinajstić information content (AvgIpc) is 2.99. The van der Waals surface area contributed by atoms with Crippen molar-refractivity contribution >= 4 is 34.2 Å². The highest BCUT2D eigenvalue weighted by Gasteiger charge is 2.27. The van der Waals surface area contributed by atoms with E-state index in [0.29, 0.717) is 63.7 Å². The average molecular weight is 617 g/mol. The highest BCUT2D eigenvalue weighted by molar-refractivity contribution is 6.34. The molecule has 1 N–H and O–H groups in total. The first kappa shape index (κ1) is 30.9. The second-order valence-electron chi connectivity index (χ2n) is 10.7. The number of hydrogen-bond acceptors (Lipinski definition) is 9. The maximum absolute atomic E-state index is 16.2. The van der Waals surface area contributed by atoms with Gasteiger partial charge >= 0.3 is 6.01 Å². The Morgan fingerprint density at radius 3 is 2.56 bits per heavy atom. The second-order valence-corrected chi connectivity index (χ2v) is 11.1. The maximum Gasteiger partial charge on any atom is 0.319 e. The molecule has 3 heterocycles. The molecule has 13 heteroatoms. The van der Waals surface area contributed by atoms with E-state index in [0.717, 1.165) is 19.2 Å². The fourth-order valence-electron chi connectivity index (χ4n) is 5.15. The van der Waals surface area contributed by atoms with E-state index in [1.807, 2.05) is 30.0 Å². The van der Waals surface area contributed by atoms with Crippen LogP contribution in [0.2, 0.25) is 5.02 Å². The number of phenolic OH excluding ortho intramolecular Hbond substituents is 1. The smallest absolute Gasteiger partial charge is 0.319 e. The third-order valence-corrected chi connectivity index (χ3v) is 7.75. The number of phenols is 1. The molecule has 0 radical (unpaired) electrons. The molecule has 5 rings (SSSR count). The summed E-state index contributed by atoms with van der Waals surface area (Å²) in [5.74, 6) is -1.85. The SMILES string of the molecule is CN(C)CC=CC(=O)N1CCN(c2nc(OCCN3CCOCC3)nc3c(F)c(-c4c(O)cccc4F)c(Cl)cc23)CC1. The van der Waals surface area contributed by atoms with E-state index >= 15 is 4.39 Å². The standard InChI is InChI=1S/C30H35ClF2N6O4/c1-36(2)8-4-7-24(41)38-9-11-39(12-10-38)29-20-19-21(31)25(26-22(32)5-3-6-23(26)40)27(33)28(20)34-30(35-29)43-18-15-37-13-16-42-17-14-37/h3-7,19,40H,8-18H2,1-2H3. The van der Waals surface area contributed by atoms with Crippen LogP contribution in [0, 0.1) is 11.6 Å². The lowest BCUT2D eigenvalue weighted by Gasteiger charge is -2.35. The van der Waals surface area contributed by atoms with Gasteiger partial charge in [-0.25, -0.2) is 8.78 Å². The molecule has 230 valence electrons. The van der Waals surface area contributed by atoms with Crippen molar-refractivity contribution in [2.75, 3.05) is 91.2 Å². The first-order valence-electron chi connectivity index (χ1n) is 14.2. The Labute approximate surface area is 254 Å². The summed E-state index contributed by atoms with van der Waals surface area (Å²) in [7, 11) is 3.86. The number of benzene rings is 2. The molecule has 0 bridgehead atoms. The summed E-state index contributed by atoms with van der Waals surface area (Å²) < 4.78 is 42.4. The van der Waals surface area contributed by atoms with E-state index < -0.39 is 17.4 Å². The number of fused-ring (bicyclic) bond motifs is 1. The number of amides is 1. The van der Waals surface area contributed by atoms with E-state index in [9.17, 15) is 14.3 Å². The number of morpholine rings is 1. The van der Waals surface area contributed by atoms with Gasteiger partial charge in [-0.05, 0) is 32.3 Å². The van der Waals surface area contributed by atoms with Gasteiger partial charge in [0.1, 0.15) is 29.5 Å². The zero-order valence-corrected chi connectivity index (χ0v) is 25.0. The van der Waals surface area contributed by atoms with Crippen molar-refractivity contribution in [3.8, 4) is 22.9 Å². The van der Waals surface area contributed by atoms with Gasteiger partial charge < -0.3 is 29.3 Å². The number of aromatic hydroxyl groups is 1. The van der Waals surface area contributed by atoms with Crippen molar-refractivity contribution < 1.29 is 28.2 Å². The van der Waals surface area contributed by atoms with Gasteiger partial charge in [0.15, 0.2) is 5.82 Å². The summed E-state index contributed by atoms with van der Waals surface area (Å²) in [6.45, 7) is 6.12. The van der Waals surface area contributed by atoms with E-state index in [1.165, 1.54) is 18.2 Å². The number of rotatable bonds is 9. The van der Waals surface area contributed by atoms with Gasteiger partial charge in [-0.3, -0.25) is 9.69 Å². The Bertz CT molecular complexity index is 1470. The Balaban J connectivity index is 1.47. The van der Waals surface area contributed by atoms with Crippen LogP contribution in [0.1, 0.15) is 0 Å². The minimum absolute atomic E-state index is 0.0363. The summed E-state index contributed by atoms with van der Waals surface area (Å²) in [6, 6.07) is 5.16. The molecule has 2 aliphatic rings. The lowest BCUT2D eigenvalue weighted by Crippen LogP contribution is -2.48. The van der Waals surface area contributed by atoms with Crippen LogP contribution in [0.4, 0.5) is 14.6 Å². The van der Waals surface area contributed by atoms with Crippen molar-refractivity contribution in [1.82, 2.24) is 24.7 Å². The first-order chi connectivity index (χ1) is 20.7. The summed E-state index contributed by atoms with van der Waals surface area (Å²) >= 11 is 6.54. The van der Waals surface area contributed by atoms with Gasteiger partial charge in [0.2, 0.25) is 5.91 Å². The van der Waals surface area contributed by atoms with Crippen LogP contribution >= 0.6 is 11.6 Å². The number of piperazine rings is 1. The predicted octanol–water partition coefficient (Wildman–Crippen LogP) is 3.41. The fourth-order valence-corrected chi connectivity index (χ4v) is 5.44. The fraction of sp³-hybridized carbons (Fsp3) is 0.433. The molecule has 3 aromatic rings. The Hall–Kier alpha value is -3.58. The molecule has 1 amide bonds. The number of hydrogen-bond donors (Lipinski definition) is 1. The van der Waals surface area contributed by atoms with Crippen LogP contribution < -0.4 is 9.64 Å². The minimum Gasteiger partial charge on any atom is -0.507 e. The number of ether oxygens (including phenoxy) is 2. The molecule has 0 aliphatic carbocycles. The minimum atomic E-state index is -0.899. The molecule has 43 heavy (non-hydrogen) atoms. The highest BCUT2D eigenvalue weighted by atomic mass is 35.5. The normalized spacial score (nSPS) is 16.5. The van der Waals surface area contributed by atoms with E-state index in [2.05, 4.69) is 14.9 Å². The van der Waals surface area contributed by atoms with Crippen LogP contribution in [-0.2, 0) is 9.53 Å². The molecule has 0 atom stereocenters.